The van der Waals surface area contributed by atoms with Crippen molar-refractivity contribution in [2.75, 3.05) is 0 Å². The SMILES string of the molecule is Cn1cc(C2(N)CC2)cn1. The first kappa shape index (κ1) is 5.92. The Labute approximate surface area is 59.8 Å². The average Bonchev–Trinajstić information content (AvgIpc) is 2.45. The molecule has 1 saturated carbocycles. The van der Waals surface area contributed by atoms with Crippen molar-refractivity contribution in [1.82, 2.24) is 9.78 Å². The van der Waals surface area contributed by atoms with Crippen molar-refractivity contribution in [2.45, 2.75) is 18.4 Å². The number of nitrogens with two attached hydrogens (primary N) is 1. The van der Waals surface area contributed by atoms with Gasteiger partial charge in [-0.15, -0.1) is 0 Å². The second-order valence-electron chi connectivity index (χ2n) is 3.06. The summed E-state index contributed by atoms with van der Waals surface area (Å²) >= 11 is 0. The van der Waals surface area contributed by atoms with Crippen molar-refractivity contribution in [3.63, 3.8) is 0 Å². The quantitative estimate of drug-likeness (QED) is 0.607. The molecule has 2 rings (SSSR count). The molecule has 0 radical (unpaired) electrons. The van der Waals surface area contributed by atoms with Crippen LogP contribution in [0.15, 0.2) is 12.4 Å². The second-order valence-corrected chi connectivity index (χ2v) is 3.06. The van der Waals surface area contributed by atoms with Crippen LogP contribution in [0, 0.1) is 0 Å². The lowest BCUT2D eigenvalue weighted by molar-refractivity contribution is 0.731. The maximum Gasteiger partial charge on any atom is 0.0540 e. The van der Waals surface area contributed by atoms with E-state index in [-0.39, 0.29) is 5.54 Å². The zero-order chi connectivity index (χ0) is 7.19. The third-order valence-corrected chi connectivity index (χ3v) is 2.07. The van der Waals surface area contributed by atoms with E-state index in [1.54, 1.807) is 4.68 Å². The summed E-state index contributed by atoms with van der Waals surface area (Å²) < 4.78 is 1.79. The summed E-state index contributed by atoms with van der Waals surface area (Å²) in [6.45, 7) is 0. The van der Waals surface area contributed by atoms with Crippen LogP contribution in [-0.2, 0) is 12.6 Å². The summed E-state index contributed by atoms with van der Waals surface area (Å²) in [5.41, 5.74) is 7.08. The van der Waals surface area contributed by atoms with Gasteiger partial charge in [0.2, 0.25) is 0 Å². The van der Waals surface area contributed by atoms with Crippen molar-refractivity contribution in [2.24, 2.45) is 12.8 Å². The van der Waals surface area contributed by atoms with Crippen molar-refractivity contribution in [3.05, 3.63) is 18.0 Å². The Bertz CT molecular complexity index is 247. The zero-order valence-corrected chi connectivity index (χ0v) is 6.04. The number of hydrogen-bond donors (Lipinski definition) is 1. The van der Waals surface area contributed by atoms with Crippen LogP contribution in [0.5, 0.6) is 0 Å². The smallest absolute Gasteiger partial charge is 0.0540 e. The van der Waals surface area contributed by atoms with Gasteiger partial charge in [-0.25, -0.2) is 0 Å². The van der Waals surface area contributed by atoms with E-state index >= 15 is 0 Å². The van der Waals surface area contributed by atoms with Crippen LogP contribution in [0.3, 0.4) is 0 Å². The molecule has 1 aliphatic carbocycles. The molecular weight excluding hydrogens is 126 g/mol. The summed E-state index contributed by atoms with van der Waals surface area (Å²) in [7, 11) is 1.91. The molecule has 0 amide bonds. The standard InChI is InChI=1S/C7H11N3/c1-10-5-6(4-9-10)7(8)2-3-7/h4-5H,2-3,8H2,1H3. The zero-order valence-electron chi connectivity index (χ0n) is 6.04. The van der Waals surface area contributed by atoms with E-state index in [1.165, 1.54) is 5.56 Å². The van der Waals surface area contributed by atoms with Gasteiger partial charge in [0, 0.05) is 24.3 Å². The number of nitrogens with zero attached hydrogens (tertiary/aromatic N) is 2. The first-order chi connectivity index (χ1) is 4.71. The third kappa shape index (κ3) is 0.743. The molecule has 1 heterocycles. The van der Waals surface area contributed by atoms with Crippen molar-refractivity contribution < 1.29 is 0 Å². The van der Waals surface area contributed by atoms with Crippen LogP contribution in [0.4, 0.5) is 0 Å². The number of aromatic nitrogens is 2. The first-order valence-electron chi connectivity index (χ1n) is 3.49. The summed E-state index contributed by atoms with van der Waals surface area (Å²) in [6.07, 6.45) is 6.07. The third-order valence-electron chi connectivity index (χ3n) is 2.07. The van der Waals surface area contributed by atoms with E-state index in [1.807, 2.05) is 19.4 Å². The Kier molecular flexibility index (Phi) is 0.951. The van der Waals surface area contributed by atoms with Gasteiger partial charge >= 0.3 is 0 Å². The van der Waals surface area contributed by atoms with Gasteiger partial charge < -0.3 is 5.73 Å². The highest BCUT2D eigenvalue weighted by molar-refractivity contribution is 5.23. The molecule has 1 aliphatic rings. The number of aryl methyl sites for hydroxylation is 1. The van der Waals surface area contributed by atoms with E-state index in [4.69, 9.17) is 5.73 Å². The monoisotopic (exact) mass is 137 g/mol. The van der Waals surface area contributed by atoms with Crippen LogP contribution in [0.1, 0.15) is 18.4 Å². The summed E-state index contributed by atoms with van der Waals surface area (Å²) in [4.78, 5) is 0. The van der Waals surface area contributed by atoms with Crippen molar-refractivity contribution >= 4 is 0 Å². The lowest BCUT2D eigenvalue weighted by Crippen LogP contribution is -2.17. The van der Waals surface area contributed by atoms with E-state index in [9.17, 15) is 0 Å². The van der Waals surface area contributed by atoms with Gasteiger partial charge in [-0.2, -0.15) is 5.10 Å². The maximum absolute atomic E-state index is 5.93. The maximum atomic E-state index is 5.93. The fourth-order valence-corrected chi connectivity index (χ4v) is 1.10. The fourth-order valence-electron chi connectivity index (χ4n) is 1.10. The Hall–Kier alpha value is -0.830. The molecule has 0 aliphatic heterocycles. The molecule has 0 saturated heterocycles. The Balaban J connectivity index is 2.34. The summed E-state index contributed by atoms with van der Waals surface area (Å²) in [6, 6.07) is 0. The largest absolute Gasteiger partial charge is 0.321 e. The molecule has 10 heavy (non-hydrogen) atoms. The van der Waals surface area contributed by atoms with Gasteiger partial charge in [-0.1, -0.05) is 0 Å². The van der Waals surface area contributed by atoms with Crippen LogP contribution in [-0.4, -0.2) is 9.78 Å². The molecule has 3 nitrogen and oxygen atoms in total. The molecule has 0 bridgehead atoms. The molecule has 0 aromatic carbocycles. The van der Waals surface area contributed by atoms with E-state index in [0.717, 1.165) is 12.8 Å². The van der Waals surface area contributed by atoms with Crippen LogP contribution >= 0.6 is 0 Å². The topological polar surface area (TPSA) is 43.8 Å². The van der Waals surface area contributed by atoms with Gasteiger partial charge in [-0.05, 0) is 12.8 Å². The van der Waals surface area contributed by atoms with Gasteiger partial charge in [0.15, 0.2) is 0 Å². The Morgan fingerprint density at radius 1 is 1.70 bits per heavy atom. The number of rotatable bonds is 1. The first-order valence-corrected chi connectivity index (χ1v) is 3.49. The minimum atomic E-state index is -0.0196. The highest BCUT2D eigenvalue weighted by atomic mass is 15.2. The molecular formula is C7H11N3. The molecule has 54 valence electrons. The van der Waals surface area contributed by atoms with E-state index in [2.05, 4.69) is 5.10 Å². The van der Waals surface area contributed by atoms with Crippen molar-refractivity contribution in [1.29, 1.82) is 0 Å². The van der Waals surface area contributed by atoms with Gasteiger partial charge in [0.25, 0.3) is 0 Å². The van der Waals surface area contributed by atoms with Gasteiger partial charge in [0.1, 0.15) is 0 Å². The molecule has 0 atom stereocenters. The van der Waals surface area contributed by atoms with E-state index in [0.29, 0.717) is 0 Å². The summed E-state index contributed by atoms with van der Waals surface area (Å²) in [5, 5.41) is 4.06. The minimum Gasteiger partial charge on any atom is -0.321 e. The minimum absolute atomic E-state index is 0.0196. The number of hydrogen-bond acceptors (Lipinski definition) is 2. The predicted octanol–water partition coefficient (Wildman–Crippen LogP) is 0.368. The molecule has 0 spiro atoms. The van der Waals surface area contributed by atoms with Crippen LogP contribution in [0.25, 0.3) is 0 Å². The molecule has 0 unspecified atom stereocenters. The highest BCUT2D eigenvalue weighted by Crippen LogP contribution is 2.42. The normalized spacial score (nSPS) is 21.0. The average molecular weight is 137 g/mol. The van der Waals surface area contributed by atoms with Gasteiger partial charge in [0.05, 0.1) is 6.20 Å². The predicted molar refractivity (Wildman–Crippen MR) is 38.3 cm³/mol. The fraction of sp³-hybridized carbons (Fsp3) is 0.571. The molecule has 3 heteroatoms. The Morgan fingerprint density at radius 2 is 2.40 bits per heavy atom. The van der Waals surface area contributed by atoms with Gasteiger partial charge in [-0.3, -0.25) is 4.68 Å². The van der Waals surface area contributed by atoms with Crippen LogP contribution in [0.2, 0.25) is 0 Å². The lowest BCUT2D eigenvalue weighted by atomic mass is 10.1. The molecule has 2 N–H and O–H groups in total. The molecule has 1 aromatic rings. The second kappa shape index (κ2) is 1.61. The summed E-state index contributed by atoms with van der Waals surface area (Å²) in [5.74, 6) is 0. The van der Waals surface area contributed by atoms with E-state index < -0.39 is 0 Å². The lowest BCUT2D eigenvalue weighted by Gasteiger charge is -2.01. The molecule has 1 fully saturated rings. The highest BCUT2D eigenvalue weighted by Gasteiger charge is 2.40. The Morgan fingerprint density at radius 3 is 2.80 bits per heavy atom. The molecule has 1 aromatic heterocycles. The van der Waals surface area contributed by atoms with Crippen molar-refractivity contribution in [3.8, 4) is 0 Å². The van der Waals surface area contributed by atoms with Crippen LogP contribution < -0.4 is 5.73 Å².